The molecule has 0 saturated carbocycles. The third-order valence-electron chi connectivity index (χ3n) is 4.06. The first-order valence-electron chi connectivity index (χ1n) is 9.11. The summed E-state index contributed by atoms with van der Waals surface area (Å²) < 4.78 is 30.4. The zero-order chi connectivity index (χ0) is 22.1. The third kappa shape index (κ3) is 7.91. The number of carbonyl (C=O) groups is 1. The Hall–Kier alpha value is -1.61. The Balaban J connectivity index is 1.81. The van der Waals surface area contributed by atoms with Gasteiger partial charge in [-0.2, -0.15) is 11.8 Å². The lowest BCUT2D eigenvalue weighted by Gasteiger charge is -2.22. The van der Waals surface area contributed by atoms with Gasteiger partial charge < -0.3 is 10.1 Å². The predicted octanol–water partition coefficient (Wildman–Crippen LogP) is 4.21. The van der Waals surface area contributed by atoms with Crippen molar-refractivity contribution >= 4 is 56.6 Å². The van der Waals surface area contributed by atoms with Gasteiger partial charge in [0, 0.05) is 17.3 Å². The zero-order valence-corrected chi connectivity index (χ0v) is 19.9. The van der Waals surface area contributed by atoms with Crippen LogP contribution in [0.4, 0.5) is 5.69 Å². The summed E-state index contributed by atoms with van der Waals surface area (Å²) in [5, 5.41) is 3.74. The number of thioether (sulfide) groups is 1. The van der Waals surface area contributed by atoms with Crippen LogP contribution in [0.15, 0.2) is 42.5 Å². The van der Waals surface area contributed by atoms with Crippen molar-refractivity contribution in [1.29, 1.82) is 0 Å². The largest absolute Gasteiger partial charge is 0.495 e. The molecule has 0 radical (unpaired) electrons. The molecule has 0 fully saturated rings. The van der Waals surface area contributed by atoms with Gasteiger partial charge in [-0.25, -0.2) is 8.42 Å². The smallest absolute Gasteiger partial charge is 0.240 e. The van der Waals surface area contributed by atoms with Gasteiger partial charge in [0.2, 0.25) is 15.9 Å². The Kier molecular flexibility index (Phi) is 9.61. The monoisotopic (exact) mass is 490 g/mol. The van der Waals surface area contributed by atoms with Crippen LogP contribution in [0, 0.1) is 0 Å². The van der Waals surface area contributed by atoms with Gasteiger partial charge in [0.15, 0.2) is 0 Å². The number of anilines is 1. The summed E-state index contributed by atoms with van der Waals surface area (Å²) in [5.74, 6) is 1.74. The number of rotatable bonds is 11. The lowest BCUT2D eigenvalue weighted by atomic mass is 10.2. The van der Waals surface area contributed by atoms with Gasteiger partial charge in [-0.3, -0.25) is 9.10 Å². The maximum atomic E-state index is 12.3. The van der Waals surface area contributed by atoms with E-state index < -0.39 is 10.0 Å². The molecule has 10 heteroatoms. The fourth-order valence-electron chi connectivity index (χ4n) is 2.62. The van der Waals surface area contributed by atoms with Gasteiger partial charge in [0.05, 0.1) is 24.1 Å². The first-order valence-corrected chi connectivity index (χ1v) is 12.9. The number of amides is 1. The van der Waals surface area contributed by atoms with Crippen molar-refractivity contribution in [2.24, 2.45) is 0 Å². The Morgan fingerprint density at radius 2 is 1.97 bits per heavy atom. The molecule has 0 heterocycles. The maximum Gasteiger partial charge on any atom is 0.240 e. The Morgan fingerprint density at radius 3 is 2.60 bits per heavy atom. The molecule has 0 aliphatic heterocycles. The molecule has 164 valence electrons. The van der Waals surface area contributed by atoms with Crippen molar-refractivity contribution in [2.75, 3.05) is 36.5 Å². The minimum atomic E-state index is -3.66. The first kappa shape index (κ1) is 24.7. The highest BCUT2D eigenvalue weighted by molar-refractivity contribution is 7.98. The molecule has 2 aromatic rings. The second-order valence-electron chi connectivity index (χ2n) is 6.47. The highest BCUT2D eigenvalue weighted by Crippen LogP contribution is 2.30. The van der Waals surface area contributed by atoms with E-state index in [-0.39, 0.29) is 17.5 Å². The second kappa shape index (κ2) is 11.7. The molecule has 0 bridgehead atoms. The molecule has 0 aromatic heterocycles. The highest BCUT2D eigenvalue weighted by atomic mass is 35.5. The van der Waals surface area contributed by atoms with Crippen LogP contribution >= 0.6 is 35.0 Å². The SMILES string of the molecule is COc1ccc(N(CC(=O)NCCCSCc2cccc(Cl)c2)S(C)(=O)=O)cc1Cl. The number of nitrogens with one attached hydrogen (secondary N) is 1. The van der Waals surface area contributed by atoms with E-state index in [0.29, 0.717) is 23.0 Å². The van der Waals surface area contributed by atoms with Crippen molar-refractivity contribution in [3.8, 4) is 5.75 Å². The number of hydrogen-bond donors (Lipinski definition) is 1. The summed E-state index contributed by atoms with van der Waals surface area (Å²) >= 11 is 13.8. The Morgan fingerprint density at radius 1 is 1.20 bits per heavy atom. The van der Waals surface area contributed by atoms with Gasteiger partial charge in [0.1, 0.15) is 12.3 Å². The molecule has 2 aromatic carbocycles. The summed E-state index contributed by atoms with van der Waals surface area (Å²) in [6, 6.07) is 12.3. The number of sulfonamides is 1. The number of benzene rings is 2. The maximum absolute atomic E-state index is 12.3. The molecule has 0 atom stereocenters. The lowest BCUT2D eigenvalue weighted by molar-refractivity contribution is -0.119. The van der Waals surface area contributed by atoms with Crippen molar-refractivity contribution < 1.29 is 17.9 Å². The van der Waals surface area contributed by atoms with Crippen molar-refractivity contribution in [3.63, 3.8) is 0 Å². The zero-order valence-electron chi connectivity index (χ0n) is 16.7. The van der Waals surface area contributed by atoms with Gasteiger partial charge >= 0.3 is 0 Å². The molecule has 0 saturated heterocycles. The normalized spacial score (nSPS) is 11.2. The van der Waals surface area contributed by atoms with E-state index in [1.54, 1.807) is 23.9 Å². The molecule has 1 N–H and O–H groups in total. The van der Waals surface area contributed by atoms with Crippen LogP contribution in [0.25, 0.3) is 0 Å². The Labute approximate surface area is 191 Å². The number of hydrogen-bond acceptors (Lipinski definition) is 5. The third-order valence-corrected chi connectivity index (χ3v) is 6.84. The van der Waals surface area contributed by atoms with Crippen LogP contribution in [0.1, 0.15) is 12.0 Å². The fraction of sp³-hybridized carbons (Fsp3) is 0.350. The second-order valence-corrected chi connectivity index (χ2v) is 10.3. The van der Waals surface area contributed by atoms with Crippen LogP contribution in [0.5, 0.6) is 5.75 Å². The van der Waals surface area contributed by atoms with Crippen LogP contribution in [0.3, 0.4) is 0 Å². The van der Waals surface area contributed by atoms with Crippen molar-refractivity contribution in [3.05, 3.63) is 58.1 Å². The highest BCUT2D eigenvalue weighted by Gasteiger charge is 2.21. The molecule has 1 amide bonds. The minimum Gasteiger partial charge on any atom is -0.495 e. The van der Waals surface area contributed by atoms with Gasteiger partial charge in [-0.05, 0) is 48.1 Å². The first-order chi connectivity index (χ1) is 14.2. The summed E-state index contributed by atoms with van der Waals surface area (Å²) in [4.78, 5) is 12.3. The lowest BCUT2D eigenvalue weighted by Crippen LogP contribution is -2.40. The van der Waals surface area contributed by atoms with E-state index >= 15 is 0 Å². The van der Waals surface area contributed by atoms with Gasteiger partial charge in [-0.15, -0.1) is 0 Å². The predicted molar refractivity (Wildman–Crippen MR) is 125 cm³/mol. The van der Waals surface area contributed by atoms with E-state index in [1.165, 1.54) is 13.2 Å². The van der Waals surface area contributed by atoms with Crippen LogP contribution in [-0.2, 0) is 20.6 Å². The molecule has 0 aliphatic carbocycles. The minimum absolute atomic E-state index is 0.265. The van der Waals surface area contributed by atoms with Crippen LogP contribution < -0.4 is 14.4 Å². The molecule has 0 aliphatic rings. The van der Waals surface area contributed by atoms with Crippen LogP contribution in [-0.4, -0.2) is 46.5 Å². The summed E-state index contributed by atoms with van der Waals surface area (Å²) in [6.07, 6.45) is 1.81. The number of halogens is 2. The van der Waals surface area contributed by atoms with Crippen molar-refractivity contribution in [1.82, 2.24) is 5.32 Å². The van der Waals surface area contributed by atoms with E-state index in [4.69, 9.17) is 27.9 Å². The number of ether oxygens (including phenoxy) is 1. The summed E-state index contributed by atoms with van der Waals surface area (Å²) in [7, 11) is -2.20. The average molecular weight is 491 g/mol. The summed E-state index contributed by atoms with van der Waals surface area (Å²) in [6.45, 7) is 0.138. The fourth-order valence-corrected chi connectivity index (χ4v) is 4.84. The van der Waals surface area contributed by atoms with E-state index in [0.717, 1.165) is 34.1 Å². The molecule has 6 nitrogen and oxygen atoms in total. The van der Waals surface area contributed by atoms with E-state index in [2.05, 4.69) is 5.32 Å². The standard InChI is InChI=1S/C20H24Cl2N2O4S2/c1-28-19-8-7-17(12-18(19)22)24(30(2,26)27)13-20(25)23-9-4-10-29-14-15-5-3-6-16(21)11-15/h3,5-8,11-12H,4,9-10,13-14H2,1-2H3,(H,23,25). The van der Waals surface area contributed by atoms with Gasteiger partial charge in [-0.1, -0.05) is 35.3 Å². The number of methoxy groups -OCH3 is 1. The quantitative estimate of drug-likeness (QED) is 0.477. The van der Waals surface area contributed by atoms with Crippen LogP contribution in [0.2, 0.25) is 10.0 Å². The molecular weight excluding hydrogens is 467 g/mol. The number of nitrogens with zero attached hydrogens (tertiary/aromatic N) is 1. The molecule has 0 spiro atoms. The molecular formula is C20H24Cl2N2O4S2. The number of carbonyl (C=O) groups excluding carboxylic acids is 1. The van der Waals surface area contributed by atoms with E-state index in [1.807, 2.05) is 24.3 Å². The Bertz CT molecular complexity index is 971. The average Bonchev–Trinajstić information content (AvgIpc) is 2.68. The topological polar surface area (TPSA) is 75.7 Å². The van der Waals surface area contributed by atoms with Crippen molar-refractivity contribution in [2.45, 2.75) is 12.2 Å². The summed E-state index contributed by atoms with van der Waals surface area (Å²) in [5.41, 5.74) is 1.45. The molecule has 0 unspecified atom stereocenters. The molecule has 2 rings (SSSR count). The van der Waals surface area contributed by atoms with Gasteiger partial charge in [0.25, 0.3) is 0 Å². The van der Waals surface area contributed by atoms with E-state index in [9.17, 15) is 13.2 Å². The molecule has 30 heavy (non-hydrogen) atoms.